The van der Waals surface area contributed by atoms with Gasteiger partial charge >= 0.3 is 12.1 Å². The van der Waals surface area contributed by atoms with Gasteiger partial charge in [-0.25, -0.2) is 9.18 Å². The molecule has 0 bridgehead atoms. The number of likely N-dealkylation sites (tertiary alicyclic amines) is 1. The molecule has 0 aliphatic carbocycles. The van der Waals surface area contributed by atoms with Crippen molar-refractivity contribution in [1.29, 1.82) is 0 Å². The Balaban J connectivity index is 2.58. The van der Waals surface area contributed by atoms with Crippen molar-refractivity contribution in [2.24, 2.45) is 5.41 Å². The van der Waals surface area contributed by atoms with Gasteiger partial charge in [0.25, 0.3) is 0 Å². The number of hydrogen-bond acceptors (Lipinski definition) is 3. The molecule has 0 aromatic carbocycles. The van der Waals surface area contributed by atoms with E-state index in [0.717, 1.165) is 0 Å². The number of rotatable bonds is 2. The van der Waals surface area contributed by atoms with Gasteiger partial charge in [-0.3, -0.25) is 4.79 Å². The highest BCUT2D eigenvalue weighted by molar-refractivity contribution is 5.76. The van der Waals surface area contributed by atoms with Crippen molar-refractivity contribution >= 4 is 12.1 Å². The zero-order valence-corrected chi connectivity index (χ0v) is 11.0. The number of piperidine rings is 1. The number of halogens is 1. The lowest BCUT2D eigenvalue weighted by molar-refractivity contribution is -0.153. The summed E-state index contributed by atoms with van der Waals surface area (Å²) in [6.45, 7) is 4.81. The van der Waals surface area contributed by atoms with E-state index >= 15 is 0 Å². The molecule has 0 unspecified atom stereocenters. The number of alkyl halides is 1. The number of amides is 1. The fourth-order valence-corrected chi connectivity index (χ4v) is 1.85. The van der Waals surface area contributed by atoms with Gasteiger partial charge in [-0.15, -0.1) is 0 Å². The topological polar surface area (TPSA) is 66.8 Å². The molecule has 0 atom stereocenters. The van der Waals surface area contributed by atoms with Crippen LogP contribution in [0.5, 0.6) is 0 Å². The predicted octanol–water partition coefficient (Wildman–Crippen LogP) is 2.06. The highest BCUT2D eigenvalue weighted by Crippen LogP contribution is 2.32. The highest BCUT2D eigenvalue weighted by atomic mass is 19.1. The molecule has 1 rings (SSSR count). The second-order valence-electron chi connectivity index (χ2n) is 5.69. The van der Waals surface area contributed by atoms with E-state index < -0.39 is 29.8 Å². The first kappa shape index (κ1) is 14.7. The Morgan fingerprint density at radius 3 is 2.17 bits per heavy atom. The van der Waals surface area contributed by atoms with Gasteiger partial charge in [0.15, 0.2) is 0 Å². The van der Waals surface area contributed by atoms with E-state index in [1.807, 2.05) is 0 Å². The Bertz CT molecular complexity index is 329. The van der Waals surface area contributed by atoms with Gasteiger partial charge in [-0.2, -0.15) is 0 Å². The molecular formula is C12H20FNO4. The number of carbonyl (C=O) groups excluding carboxylic acids is 1. The maximum atomic E-state index is 12.9. The van der Waals surface area contributed by atoms with Gasteiger partial charge in [0.2, 0.25) is 0 Å². The van der Waals surface area contributed by atoms with Gasteiger partial charge in [-0.05, 0) is 33.6 Å². The third kappa shape index (κ3) is 3.34. The molecule has 0 saturated carbocycles. The molecule has 18 heavy (non-hydrogen) atoms. The van der Waals surface area contributed by atoms with E-state index in [4.69, 9.17) is 9.84 Å². The number of aliphatic carboxylic acids is 1. The quantitative estimate of drug-likeness (QED) is 0.826. The fraction of sp³-hybridized carbons (Fsp3) is 0.833. The van der Waals surface area contributed by atoms with Crippen LogP contribution in [0.3, 0.4) is 0 Å². The Morgan fingerprint density at radius 1 is 1.33 bits per heavy atom. The zero-order chi connectivity index (χ0) is 14.0. The third-order valence-corrected chi connectivity index (χ3v) is 3.08. The van der Waals surface area contributed by atoms with Crippen LogP contribution >= 0.6 is 0 Å². The van der Waals surface area contributed by atoms with Crippen LogP contribution in [0.4, 0.5) is 9.18 Å². The van der Waals surface area contributed by atoms with E-state index in [2.05, 4.69) is 0 Å². The number of nitrogens with zero attached hydrogens (tertiary/aromatic N) is 1. The second kappa shape index (κ2) is 5.12. The van der Waals surface area contributed by atoms with Crippen molar-refractivity contribution in [2.45, 2.75) is 39.2 Å². The van der Waals surface area contributed by atoms with Gasteiger partial charge < -0.3 is 14.7 Å². The molecule has 1 amide bonds. The molecular weight excluding hydrogens is 241 g/mol. The minimum Gasteiger partial charge on any atom is -0.481 e. The van der Waals surface area contributed by atoms with Crippen LogP contribution < -0.4 is 0 Å². The van der Waals surface area contributed by atoms with Crippen LogP contribution in [0.1, 0.15) is 33.6 Å². The average molecular weight is 261 g/mol. The zero-order valence-electron chi connectivity index (χ0n) is 11.0. The minimum absolute atomic E-state index is 0.123. The highest BCUT2D eigenvalue weighted by Gasteiger charge is 2.43. The molecule has 1 saturated heterocycles. The van der Waals surface area contributed by atoms with Crippen LogP contribution in [0, 0.1) is 5.41 Å². The van der Waals surface area contributed by atoms with Gasteiger partial charge in [-0.1, -0.05) is 0 Å². The summed E-state index contributed by atoms with van der Waals surface area (Å²) in [5.41, 5.74) is -1.92. The molecule has 5 nitrogen and oxygen atoms in total. The van der Waals surface area contributed by atoms with Crippen molar-refractivity contribution in [1.82, 2.24) is 4.90 Å². The van der Waals surface area contributed by atoms with Crippen LogP contribution in [0.2, 0.25) is 0 Å². The Morgan fingerprint density at radius 2 is 1.83 bits per heavy atom. The molecule has 1 aliphatic heterocycles. The van der Waals surface area contributed by atoms with E-state index in [9.17, 15) is 14.0 Å². The van der Waals surface area contributed by atoms with Gasteiger partial charge in [0.1, 0.15) is 12.3 Å². The van der Waals surface area contributed by atoms with Gasteiger partial charge in [0.05, 0.1) is 5.41 Å². The lowest BCUT2D eigenvalue weighted by Gasteiger charge is -2.37. The Hall–Kier alpha value is -1.33. The smallest absolute Gasteiger partial charge is 0.410 e. The Kier molecular flexibility index (Phi) is 4.19. The summed E-state index contributed by atoms with van der Waals surface area (Å²) < 4.78 is 18.1. The summed E-state index contributed by atoms with van der Waals surface area (Å²) >= 11 is 0. The van der Waals surface area contributed by atoms with Gasteiger partial charge in [0, 0.05) is 13.1 Å². The number of carboxylic acid groups (broad SMARTS) is 1. The first-order valence-electron chi connectivity index (χ1n) is 5.97. The Labute approximate surface area is 106 Å². The molecule has 1 heterocycles. The molecule has 6 heteroatoms. The number of carboxylic acids is 1. The van der Waals surface area contributed by atoms with Crippen molar-refractivity contribution < 1.29 is 23.8 Å². The summed E-state index contributed by atoms with van der Waals surface area (Å²) in [6, 6.07) is 0. The van der Waals surface area contributed by atoms with E-state index in [1.54, 1.807) is 20.8 Å². The summed E-state index contributed by atoms with van der Waals surface area (Å²) in [5.74, 6) is -1.13. The lowest BCUT2D eigenvalue weighted by atomic mass is 9.80. The van der Waals surface area contributed by atoms with Crippen LogP contribution in [0.25, 0.3) is 0 Å². The van der Waals surface area contributed by atoms with Crippen molar-refractivity contribution in [3.63, 3.8) is 0 Å². The lowest BCUT2D eigenvalue weighted by Crippen LogP contribution is -2.48. The van der Waals surface area contributed by atoms with Crippen molar-refractivity contribution in [2.75, 3.05) is 19.8 Å². The molecule has 0 spiro atoms. The molecule has 1 N–H and O–H groups in total. The molecule has 104 valence electrons. The molecule has 0 aromatic heterocycles. The number of ether oxygens (including phenoxy) is 1. The molecule has 1 fully saturated rings. The molecule has 0 radical (unpaired) electrons. The maximum Gasteiger partial charge on any atom is 0.410 e. The minimum atomic E-state index is -1.33. The third-order valence-electron chi connectivity index (χ3n) is 3.08. The van der Waals surface area contributed by atoms with E-state index in [0.29, 0.717) is 0 Å². The van der Waals surface area contributed by atoms with Crippen LogP contribution in [0.15, 0.2) is 0 Å². The first-order valence-corrected chi connectivity index (χ1v) is 5.97. The summed E-state index contributed by atoms with van der Waals surface area (Å²) in [5, 5.41) is 9.03. The summed E-state index contributed by atoms with van der Waals surface area (Å²) in [6.07, 6.45) is -0.226. The number of carbonyl (C=O) groups is 2. The van der Waals surface area contributed by atoms with Crippen LogP contribution in [-0.2, 0) is 9.53 Å². The fourth-order valence-electron chi connectivity index (χ4n) is 1.85. The van der Waals surface area contributed by atoms with Crippen molar-refractivity contribution in [3.8, 4) is 0 Å². The largest absolute Gasteiger partial charge is 0.481 e. The van der Waals surface area contributed by atoms with Crippen LogP contribution in [-0.4, -0.2) is 47.4 Å². The SMILES string of the molecule is CC(C)(C)OC(=O)N1CCC(CF)(C(=O)O)CC1. The molecule has 1 aliphatic rings. The summed E-state index contributed by atoms with van der Waals surface area (Å²) in [4.78, 5) is 24.2. The summed E-state index contributed by atoms with van der Waals surface area (Å²) in [7, 11) is 0. The molecule has 0 aromatic rings. The normalized spacial score (nSPS) is 19.4. The monoisotopic (exact) mass is 261 g/mol. The standard InChI is InChI=1S/C12H20FNO4/c1-11(2,3)18-10(17)14-6-4-12(8-13,5-7-14)9(15)16/h4-8H2,1-3H3,(H,15,16). The number of hydrogen-bond donors (Lipinski definition) is 1. The maximum absolute atomic E-state index is 12.9. The van der Waals surface area contributed by atoms with E-state index in [-0.39, 0.29) is 25.9 Å². The first-order chi connectivity index (χ1) is 8.20. The van der Waals surface area contributed by atoms with Crippen molar-refractivity contribution in [3.05, 3.63) is 0 Å². The average Bonchev–Trinajstić information content (AvgIpc) is 2.26. The second-order valence-corrected chi connectivity index (χ2v) is 5.69. The predicted molar refractivity (Wildman–Crippen MR) is 63.1 cm³/mol. The van der Waals surface area contributed by atoms with E-state index in [1.165, 1.54) is 4.90 Å².